The molecule has 92 valence electrons. The van der Waals surface area contributed by atoms with Crippen LogP contribution in [-0.4, -0.2) is 25.0 Å². The first kappa shape index (κ1) is 12.2. The molecule has 0 saturated carbocycles. The molecule has 1 aliphatic rings. The molecule has 1 amide bonds. The van der Waals surface area contributed by atoms with Crippen LogP contribution in [0.1, 0.15) is 23.2 Å². The Hall–Kier alpha value is -1.26. The van der Waals surface area contributed by atoms with E-state index in [1.54, 1.807) is 12.1 Å². The maximum atomic E-state index is 11.1. The van der Waals surface area contributed by atoms with Crippen LogP contribution in [0.25, 0.3) is 0 Å². The zero-order chi connectivity index (χ0) is 12.4. The van der Waals surface area contributed by atoms with Gasteiger partial charge in [-0.15, -0.1) is 0 Å². The fourth-order valence-electron chi connectivity index (χ4n) is 2.15. The van der Waals surface area contributed by atoms with Gasteiger partial charge >= 0.3 is 0 Å². The summed E-state index contributed by atoms with van der Waals surface area (Å²) in [7, 11) is 0. The van der Waals surface area contributed by atoms with Gasteiger partial charge in [0, 0.05) is 24.8 Å². The molecule has 4 N–H and O–H groups in total. The van der Waals surface area contributed by atoms with Crippen LogP contribution in [0.2, 0.25) is 5.02 Å². The van der Waals surface area contributed by atoms with Gasteiger partial charge in [0.05, 0.1) is 10.6 Å². The lowest BCUT2D eigenvalue weighted by Crippen LogP contribution is -2.42. The Morgan fingerprint density at radius 3 is 2.82 bits per heavy atom. The maximum absolute atomic E-state index is 11.1. The van der Waals surface area contributed by atoms with Crippen LogP contribution in [0.3, 0.4) is 0 Å². The zero-order valence-electron chi connectivity index (χ0n) is 9.53. The number of carbonyl (C=O) groups is 1. The standard InChI is InChI=1S/C12H16ClN3O/c13-11-6-9(3-4-10(11)12(15)17)16-5-1-2-8(14)7-16/h3-4,6,8H,1-2,5,7,14H2,(H2,15,17). The van der Waals surface area contributed by atoms with Crippen LogP contribution in [0, 0.1) is 0 Å². The van der Waals surface area contributed by atoms with Gasteiger partial charge in [-0.1, -0.05) is 11.6 Å². The average Bonchev–Trinajstić information content (AvgIpc) is 2.28. The number of amides is 1. The fourth-order valence-corrected chi connectivity index (χ4v) is 2.41. The molecule has 0 aliphatic carbocycles. The average molecular weight is 254 g/mol. The van der Waals surface area contributed by atoms with Crippen molar-refractivity contribution >= 4 is 23.2 Å². The minimum atomic E-state index is -0.503. The summed E-state index contributed by atoms with van der Waals surface area (Å²) in [6.45, 7) is 1.80. The second-order valence-electron chi connectivity index (χ2n) is 4.38. The van der Waals surface area contributed by atoms with E-state index in [9.17, 15) is 4.79 Å². The number of hydrogen-bond acceptors (Lipinski definition) is 3. The summed E-state index contributed by atoms with van der Waals surface area (Å²) in [6.07, 6.45) is 2.14. The highest BCUT2D eigenvalue weighted by molar-refractivity contribution is 6.34. The van der Waals surface area contributed by atoms with Crippen molar-refractivity contribution in [2.45, 2.75) is 18.9 Å². The monoisotopic (exact) mass is 253 g/mol. The van der Waals surface area contributed by atoms with E-state index in [-0.39, 0.29) is 6.04 Å². The fraction of sp³-hybridized carbons (Fsp3) is 0.417. The molecule has 1 saturated heterocycles. The molecule has 0 bridgehead atoms. The van der Waals surface area contributed by atoms with Crippen molar-refractivity contribution in [2.24, 2.45) is 11.5 Å². The Morgan fingerprint density at radius 2 is 2.24 bits per heavy atom. The van der Waals surface area contributed by atoms with Gasteiger partial charge in [0.2, 0.25) is 5.91 Å². The van der Waals surface area contributed by atoms with Gasteiger partial charge in [0.15, 0.2) is 0 Å². The molecule has 2 rings (SSSR count). The van der Waals surface area contributed by atoms with E-state index in [1.807, 2.05) is 6.07 Å². The third-order valence-corrected chi connectivity index (χ3v) is 3.35. The second kappa shape index (κ2) is 4.94. The van der Waals surface area contributed by atoms with E-state index < -0.39 is 5.91 Å². The van der Waals surface area contributed by atoms with Crippen molar-refractivity contribution in [1.82, 2.24) is 0 Å². The number of piperidine rings is 1. The lowest BCUT2D eigenvalue weighted by Gasteiger charge is -2.32. The van der Waals surface area contributed by atoms with E-state index in [0.29, 0.717) is 10.6 Å². The number of benzene rings is 1. The quantitative estimate of drug-likeness (QED) is 0.836. The predicted octanol–water partition coefficient (Wildman–Crippen LogP) is 1.37. The Balaban J connectivity index is 2.22. The van der Waals surface area contributed by atoms with Crippen LogP contribution in [-0.2, 0) is 0 Å². The minimum Gasteiger partial charge on any atom is -0.370 e. The van der Waals surface area contributed by atoms with Gasteiger partial charge in [0.25, 0.3) is 0 Å². The molecule has 1 aliphatic heterocycles. The number of nitrogens with two attached hydrogens (primary N) is 2. The van der Waals surface area contributed by atoms with Crippen LogP contribution in [0.5, 0.6) is 0 Å². The Labute approximate surface area is 106 Å². The van der Waals surface area contributed by atoms with E-state index in [2.05, 4.69) is 4.90 Å². The van der Waals surface area contributed by atoms with E-state index in [0.717, 1.165) is 31.6 Å². The van der Waals surface area contributed by atoms with Crippen molar-refractivity contribution in [2.75, 3.05) is 18.0 Å². The summed E-state index contributed by atoms with van der Waals surface area (Å²) >= 11 is 6.02. The molecule has 1 atom stereocenters. The third kappa shape index (κ3) is 2.70. The summed E-state index contributed by atoms with van der Waals surface area (Å²) in [6, 6.07) is 5.52. The molecule has 1 aromatic rings. The van der Waals surface area contributed by atoms with E-state index >= 15 is 0 Å². The molecule has 0 radical (unpaired) electrons. The molecular formula is C12H16ClN3O. The van der Waals surface area contributed by atoms with E-state index in [1.165, 1.54) is 0 Å². The molecule has 1 aromatic carbocycles. The largest absolute Gasteiger partial charge is 0.370 e. The van der Waals surface area contributed by atoms with Gasteiger partial charge in [-0.2, -0.15) is 0 Å². The van der Waals surface area contributed by atoms with Crippen LogP contribution in [0.4, 0.5) is 5.69 Å². The van der Waals surface area contributed by atoms with Crippen molar-refractivity contribution in [1.29, 1.82) is 0 Å². The number of rotatable bonds is 2. The SMILES string of the molecule is NC(=O)c1ccc(N2CCCC(N)C2)cc1Cl. The van der Waals surface area contributed by atoms with Gasteiger partial charge in [0.1, 0.15) is 0 Å². The molecule has 17 heavy (non-hydrogen) atoms. The Morgan fingerprint density at radius 1 is 1.47 bits per heavy atom. The molecule has 1 fully saturated rings. The zero-order valence-corrected chi connectivity index (χ0v) is 10.3. The minimum absolute atomic E-state index is 0.207. The molecule has 5 heteroatoms. The van der Waals surface area contributed by atoms with Crippen molar-refractivity contribution < 1.29 is 4.79 Å². The van der Waals surface area contributed by atoms with Gasteiger partial charge < -0.3 is 16.4 Å². The summed E-state index contributed by atoms with van der Waals surface area (Å²) in [4.78, 5) is 13.3. The van der Waals surface area contributed by atoms with Gasteiger partial charge in [-0.3, -0.25) is 4.79 Å². The third-order valence-electron chi connectivity index (χ3n) is 3.04. The van der Waals surface area contributed by atoms with Crippen molar-refractivity contribution in [3.63, 3.8) is 0 Å². The van der Waals surface area contributed by atoms with E-state index in [4.69, 9.17) is 23.1 Å². The predicted molar refractivity (Wildman–Crippen MR) is 69.4 cm³/mol. The number of hydrogen-bond donors (Lipinski definition) is 2. The molecular weight excluding hydrogens is 238 g/mol. The highest BCUT2D eigenvalue weighted by Crippen LogP contribution is 2.25. The molecule has 0 spiro atoms. The molecule has 1 unspecified atom stereocenters. The lowest BCUT2D eigenvalue weighted by molar-refractivity contribution is 0.100. The summed E-state index contributed by atoms with van der Waals surface area (Å²) in [5, 5.41) is 0.397. The highest BCUT2D eigenvalue weighted by Gasteiger charge is 2.18. The number of nitrogens with zero attached hydrogens (tertiary/aromatic N) is 1. The first-order valence-corrected chi connectivity index (χ1v) is 6.05. The smallest absolute Gasteiger partial charge is 0.250 e. The number of carbonyl (C=O) groups excluding carboxylic acids is 1. The van der Waals surface area contributed by atoms with Crippen LogP contribution < -0.4 is 16.4 Å². The van der Waals surface area contributed by atoms with Gasteiger partial charge in [-0.25, -0.2) is 0 Å². The maximum Gasteiger partial charge on any atom is 0.250 e. The van der Waals surface area contributed by atoms with Crippen LogP contribution in [0.15, 0.2) is 18.2 Å². The normalized spacial score (nSPS) is 20.4. The first-order chi connectivity index (χ1) is 8.08. The summed E-state index contributed by atoms with van der Waals surface area (Å²) in [5.41, 5.74) is 12.5. The highest BCUT2D eigenvalue weighted by atomic mass is 35.5. The van der Waals surface area contributed by atoms with Crippen molar-refractivity contribution in [3.8, 4) is 0 Å². The number of halogens is 1. The number of anilines is 1. The Kier molecular flexibility index (Phi) is 3.54. The number of primary amides is 1. The topological polar surface area (TPSA) is 72.4 Å². The van der Waals surface area contributed by atoms with Crippen molar-refractivity contribution in [3.05, 3.63) is 28.8 Å². The lowest BCUT2D eigenvalue weighted by atomic mass is 10.1. The molecule has 0 aromatic heterocycles. The first-order valence-electron chi connectivity index (χ1n) is 5.68. The summed E-state index contributed by atoms with van der Waals surface area (Å²) < 4.78 is 0. The Bertz CT molecular complexity index is 436. The van der Waals surface area contributed by atoms with Crippen LogP contribution >= 0.6 is 11.6 Å². The molecule has 4 nitrogen and oxygen atoms in total. The molecule has 1 heterocycles. The summed E-state index contributed by atoms with van der Waals surface area (Å²) in [5.74, 6) is -0.503. The second-order valence-corrected chi connectivity index (χ2v) is 4.78. The van der Waals surface area contributed by atoms with Gasteiger partial charge in [-0.05, 0) is 31.0 Å².